The van der Waals surface area contributed by atoms with Gasteiger partial charge in [-0.15, -0.1) is 0 Å². The van der Waals surface area contributed by atoms with Crippen LogP contribution in [0, 0.1) is 0 Å². The summed E-state index contributed by atoms with van der Waals surface area (Å²) in [6, 6.07) is 11.3. The molecular formula is C17H21NO2. The highest BCUT2D eigenvalue weighted by Gasteiger charge is 2.12. The molecule has 106 valence electrons. The van der Waals surface area contributed by atoms with Crippen molar-refractivity contribution in [1.29, 1.82) is 0 Å². The molecule has 1 heterocycles. The number of aryl methyl sites for hydroxylation is 2. The molecule has 0 aliphatic heterocycles. The van der Waals surface area contributed by atoms with E-state index in [2.05, 4.69) is 50.0 Å². The molecule has 0 amide bonds. The Morgan fingerprint density at radius 3 is 2.25 bits per heavy atom. The number of nitrogens with one attached hydrogen (secondary N) is 1. The average Bonchev–Trinajstić information content (AvgIpc) is 2.35. The van der Waals surface area contributed by atoms with Crippen LogP contribution in [0.15, 0.2) is 41.2 Å². The molecule has 0 atom stereocenters. The fourth-order valence-electron chi connectivity index (χ4n) is 2.17. The van der Waals surface area contributed by atoms with Gasteiger partial charge >= 0.3 is 0 Å². The minimum atomic E-state index is -0.261. The number of H-pyrrole nitrogens is 1. The molecule has 0 aliphatic rings. The Morgan fingerprint density at radius 2 is 1.70 bits per heavy atom. The van der Waals surface area contributed by atoms with Crippen molar-refractivity contribution in [2.75, 3.05) is 0 Å². The Balaban J connectivity index is 2.06. The van der Waals surface area contributed by atoms with Crippen LogP contribution in [0.2, 0.25) is 0 Å². The molecule has 0 radical (unpaired) electrons. The monoisotopic (exact) mass is 271 g/mol. The van der Waals surface area contributed by atoms with Crippen LogP contribution in [0.4, 0.5) is 0 Å². The van der Waals surface area contributed by atoms with Crippen molar-refractivity contribution in [1.82, 2.24) is 4.98 Å². The van der Waals surface area contributed by atoms with Gasteiger partial charge in [-0.25, -0.2) is 0 Å². The van der Waals surface area contributed by atoms with Crippen molar-refractivity contribution in [2.45, 2.75) is 39.0 Å². The van der Waals surface area contributed by atoms with Gasteiger partial charge in [-0.3, -0.25) is 4.79 Å². The van der Waals surface area contributed by atoms with Crippen LogP contribution in [0.5, 0.6) is 5.75 Å². The number of aromatic amines is 1. The summed E-state index contributed by atoms with van der Waals surface area (Å²) in [6.45, 7) is 6.58. The predicted molar refractivity (Wildman–Crippen MR) is 81.3 cm³/mol. The number of benzene rings is 1. The lowest BCUT2D eigenvalue weighted by Crippen LogP contribution is -2.11. The second-order valence-electron chi connectivity index (χ2n) is 6.17. The maximum absolute atomic E-state index is 11.3. The van der Waals surface area contributed by atoms with Crippen LogP contribution in [-0.2, 0) is 18.3 Å². The van der Waals surface area contributed by atoms with Gasteiger partial charge in [-0.1, -0.05) is 45.0 Å². The lowest BCUT2D eigenvalue weighted by atomic mass is 9.86. The minimum absolute atomic E-state index is 0.0202. The molecule has 0 unspecified atom stereocenters. The molecule has 1 aromatic heterocycles. The van der Waals surface area contributed by atoms with Crippen molar-refractivity contribution in [3.63, 3.8) is 0 Å². The largest absolute Gasteiger partial charge is 0.508 e. The number of hydrogen-bond donors (Lipinski definition) is 2. The molecule has 2 aromatic rings. The van der Waals surface area contributed by atoms with E-state index in [1.165, 1.54) is 17.2 Å². The molecule has 0 spiro atoms. The Labute approximate surface area is 119 Å². The van der Waals surface area contributed by atoms with E-state index in [1.54, 1.807) is 6.07 Å². The summed E-state index contributed by atoms with van der Waals surface area (Å²) < 4.78 is 0. The summed E-state index contributed by atoms with van der Waals surface area (Å²) >= 11 is 0. The first-order chi connectivity index (χ1) is 9.34. The molecule has 1 aromatic carbocycles. The SMILES string of the molecule is CC(C)(C)c1ccc(CCc2cc(O)cc(=O)[nH]2)cc1. The topological polar surface area (TPSA) is 53.1 Å². The Morgan fingerprint density at radius 1 is 1.05 bits per heavy atom. The van der Waals surface area contributed by atoms with Crippen molar-refractivity contribution in [3.05, 3.63) is 63.6 Å². The average molecular weight is 271 g/mol. The number of hydrogen-bond acceptors (Lipinski definition) is 2. The van der Waals surface area contributed by atoms with Crippen LogP contribution in [-0.4, -0.2) is 10.1 Å². The number of aromatic hydroxyl groups is 1. The predicted octanol–water partition coefficient (Wildman–Crippen LogP) is 3.16. The van der Waals surface area contributed by atoms with Crippen LogP contribution in [0.25, 0.3) is 0 Å². The first-order valence-electron chi connectivity index (χ1n) is 6.86. The van der Waals surface area contributed by atoms with Gasteiger partial charge in [0.2, 0.25) is 0 Å². The minimum Gasteiger partial charge on any atom is -0.508 e. The van der Waals surface area contributed by atoms with E-state index in [1.807, 2.05) is 0 Å². The van der Waals surface area contributed by atoms with Crippen LogP contribution in [0.3, 0.4) is 0 Å². The zero-order valence-electron chi connectivity index (χ0n) is 12.2. The van der Waals surface area contributed by atoms with Crippen molar-refractivity contribution in [2.24, 2.45) is 0 Å². The van der Waals surface area contributed by atoms with E-state index in [0.717, 1.165) is 12.1 Å². The molecule has 0 bridgehead atoms. The quantitative estimate of drug-likeness (QED) is 0.901. The summed E-state index contributed by atoms with van der Waals surface area (Å²) in [4.78, 5) is 14.0. The molecule has 3 nitrogen and oxygen atoms in total. The third-order valence-electron chi connectivity index (χ3n) is 3.39. The lowest BCUT2D eigenvalue weighted by molar-refractivity contribution is 0.472. The zero-order valence-corrected chi connectivity index (χ0v) is 12.2. The van der Waals surface area contributed by atoms with E-state index < -0.39 is 0 Å². The van der Waals surface area contributed by atoms with Gasteiger partial charge in [0.25, 0.3) is 5.56 Å². The molecule has 20 heavy (non-hydrogen) atoms. The summed E-state index contributed by atoms with van der Waals surface area (Å²) in [5.41, 5.74) is 3.20. The van der Waals surface area contributed by atoms with Crippen molar-refractivity contribution in [3.8, 4) is 5.75 Å². The molecular weight excluding hydrogens is 250 g/mol. The molecule has 3 heteroatoms. The van der Waals surface area contributed by atoms with E-state index in [9.17, 15) is 9.90 Å². The third-order valence-corrected chi connectivity index (χ3v) is 3.39. The van der Waals surface area contributed by atoms with Gasteiger partial charge < -0.3 is 10.1 Å². The van der Waals surface area contributed by atoms with Gasteiger partial charge in [0, 0.05) is 11.8 Å². The Hall–Kier alpha value is -2.03. The highest BCUT2D eigenvalue weighted by Crippen LogP contribution is 2.22. The van der Waals surface area contributed by atoms with Gasteiger partial charge in [-0.05, 0) is 35.4 Å². The first kappa shape index (κ1) is 14.4. The van der Waals surface area contributed by atoms with Crippen molar-refractivity contribution >= 4 is 0 Å². The smallest absolute Gasteiger partial charge is 0.251 e. The standard InChI is InChI=1S/C17H21NO2/c1-17(2,3)13-7-4-12(5-8-13)6-9-14-10-15(19)11-16(20)18-14/h4-5,7-8,10-11H,6,9H2,1-3H3,(H2,18,19,20). The fraction of sp³-hybridized carbons (Fsp3) is 0.353. The van der Waals surface area contributed by atoms with E-state index in [-0.39, 0.29) is 16.7 Å². The maximum Gasteiger partial charge on any atom is 0.251 e. The summed E-state index contributed by atoms with van der Waals surface area (Å²) in [6.07, 6.45) is 1.54. The fourth-order valence-corrected chi connectivity index (χ4v) is 2.17. The molecule has 0 saturated heterocycles. The van der Waals surface area contributed by atoms with Gasteiger partial charge in [0.15, 0.2) is 0 Å². The molecule has 0 fully saturated rings. The Bertz CT molecular complexity index is 633. The van der Waals surface area contributed by atoms with Gasteiger partial charge in [0.1, 0.15) is 5.75 Å². The highest BCUT2D eigenvalue weighted by atomic mass is 16.3. The van der Waals surface area contributed by atoms with Gasteiger partial charge in [-0.2, -0.15) is 0 Å². The normalized spacial score (nSPS) is 11.6. The van der Waals surface area contributed by atoms with Crippen LogP contribution in [0.1, 0.15) is 37.6 Å². The molecule has 2 rings (SSSR count). The van der Waals surface area contributed by atoms with E-state index in [4.69, 9.17) is 0 Å². The second kappa shape index (κ2) is 5.53. The Kier molecular flexibility index (Phi) is 3.98. The van der Waals surface area contributed by atoms with Crippen molar-refractivity contribution < 1.29 is 5.11 Å². The molecule has 2 N–H and O–H groups in total. The van der Waals surface area contributed by atoms with Crippen LogP contribution >= 0.6 is 0 Å². The second-order valence-corrected chi connectivity index (χ2v) is 6.17. The van der Waals surface area contributed by atoms with Gasteiger partial charge in [0.05, 0.1) is 0 Å². The summed E-state index contributed by atoms with van der Waals surface area (Å²) in [5.74, 6) is 0.0202. The van der Waals surface area contributed by atoms with E-state index in [0.29, 0.717) is 6.42 Å². The lowest BCUT2D eigenvalue weighted by Gasteiger charge is -2.19. The third kappa shape index (κ3) is 3.73. The highest BCUT2D eigenvalue weighted by molar-refractivity contribution is 5.28. The first-order valence-corrected chi connectivity index (χ1v) is 6.86. The number of rotatable bonds is 3. The molecule has 0 aliphatic carbocycles. The van der Waals surface area contributed by atoms with E-state index >= 15 is 0 Å². The molecule has 0 saturated carbocycles. The maximum atomic E-state index is 11.3. The summed E-state index contributed by atoms with van der Waals surface area (Å²) in [5, 5.41) is 9.40. The summed E-state index contributed by atoms with van der Waals surface area (Å²) in [7, 11) is 0. The zero-order chi connectivity index (χ0) is 14.8. The number of pyridine rings is 1. The van der Waals surface area contributed by atoms with Crippen LogP contribution < -0.4 is 5.56 Å². The number of aromatic nitrogens is 1.